The first kappa shape index (κ1) is 17.1. The van der Waals surface area contributed by atoms with Gasteiger partial charge in [-0.3, -0.25) is 4.57 Å². The summed E-state index contributed by atoms with van der Waals surface area (Å²) in [6.45, 7) is 0. The van der Waals surface area contributed by atoms with Crippen LogP contribution in [0.2, 0.25) is 0 Å². The largest absolute Gasteiger partial charge is 0.269 e. The molecule has 0 radical (unpaired) electrons. The van der Waals surface area contributed by atoms with E-state index in [2.05, 4.69) is 60.3 Å². The van der Waals surface area contributed by atoms with Crippen LogP contribution in [-0.2, 0) is 0 Å². The smallest absolute Gasteiger partial charge is 0.203 e. The molecule has 0 aliphatic rings. The fourth-order valence-corrected chi connectivity index (χ4v) is 5.68. The van der Waals surface area contributed by atoms with Crippen molar-refractivity contribution in [1.29, 1.82) is 0 Å². The van der Waals surface area contributed by atoms with E-state index in [0.29, 0.717) is 0 Å². The first-order valence-corrected chi connectivity index (χ1v) is 11.4. The summed E-state index contributed by atoms with van der Waals surface area (Å²) in [6, 6.07) is 20.4. The predicted octanol–water partition coefficient (Wildman–Crippen LogP) is 6.52. The third-order valence-corrected chi connectivity index (χ3v) is 7.35. The number of para-hydroxylation sites is 1. The normalized spacial score (nSPS) is 11.3. The maximum absolute atomic E-state index is 4.72. The molecule has 0 unspecified atom stereocenters. The molecule has 0 saturated heterocycles. The van der Waals surface area contributed by atoms with Gasteiger partial charge in [-0.05, 0) is 59.6 Å². The zero-order chi connectivity index (χ0) is 18.2. The molecule has 27 heavy (non-hydrogen) atoms. The standard InChI is InChI=1S/C19H11BrN4S3/c20-12-7-9-13(10-8-12)24-17(16-6-3-11-25-16)22-23-18(24)27-19-21-14-4-1-2-5-15(14)26-19/h1-11H. The Morgan fingerprint density at radius 3 is 2.56 bits per heavy atom. The van der Waals surface area contributed by atoms with E-state index in [0.717, 1.165) is 35.9 Å². The molecule has 8 heteroatoms. The highest BCUT2D eigenvalue weighted by atomic mass is 79.9. The van der Waals surface area contributed by atoms with Gasteiger partial charge in [0, 0.05) is 10.2 Å². The predicted molar refractivity (Wildman–Crippen MR) is 116 cm³/mol. The number of thiophene rings is 1. The van der Waals surface area contributed by atoms with E-state index in [9.17, 15) is 0 Å². The zero-order valence-corrected chi connectivity index (χ0v) is 17.8. The molecule has 5 rings (SSSR count). The lowest BCUT2D eigenvalue weighted by Crippen LogP contribution is -1.98. The number of hydrogen-bond acceptors (Lipinski definition) is 6. The van der Waals surface area contributed by atoms with Crippen molar-refractivity contribution >= 4 is 60.6 Å². The van der Waals surface area contributed by atoms with Crippen molar-refractivity contribution < 1.29 is 0 Å². The molecule has 3 aromatic heterocycles. The highest BCUT2D eigenvalue weighted by molar-refractivity contribution is 9.10. The molecular formula is C19H11BrN4S3. The quantitative estimate of drug-likeness (QED) is 0.299. The Labute approximate surface area is 176 Å². The van der Waals surface area contributed by atoms with Crippen LogP contribution in [0.3, 0.4) is 0 Å². The number of rotatable bonds is 4. The van der Waals surface area contributed by atoms with Gasteiger partial charge in [0.2, 0.25) is 5.16 Å². The van der Waals surface area contributed by atoms with Crippen LogP contribution in [0.15, 0.2) is 80.0 Å². The third-order valence-electron chi connectivity index (χ3n) is 3.91. The molecule has 0 N–H and O–H groups in total. The Kier molecular flexibility index (Phi) is 4.56. The second-order valence-electron chi connectivity index (χ2n) is 5.64. The van der Waals surface area contributed by atoms with E-state index in [-0.39, 0.29) is 0 Å². The van der Waals surface area contributed by atoms with Crippen molar-refractivity contribution in [1.82, 2.24) is 19.7 Å². The van der Waals surface area contributed by atoms with Crippen LogP contribution < -0.4 is 0 Å². The first-order valence-electron chi connectivity index (χ1n) is 8.06. The Bertz CT molecular complexity index is 1180. The molecule has 0 aliphatic heterocycles. The van der Waals surface area contributed by atoms with Crippen molar-refractivity contribution in [2.24, 2.45) is 0 Å². The van der Waals surface area contributed by atoms with Gasteiger partial charge in [-0.1, -0.05) is 34.1 Å². The van der Waals surface area contributed by atoms with Crippen LogP contribution >= 0.6 is 50.4 Å². The maximum atomic E-state index is 4.72. The Hall–Kier alpha value is -2.00. The van der Waals surface area contributed by atoms with Crippen molar-refractivity contribution in [2.45, 2.75) is 9.50 Å². The molecule has 4 nitrogen and oxygen atoms in total. The topological polar surface area (TPSA) is 43.6 Å². The van der Waals surface area contributed by atoms with Crippen LogP contribution in [0, 0.1) is 0 Å². The lowest BCUT2D eigenvalue weighted by molar-refractivity contribution is 0.886. The van der Waals surface area contributed by atoms with E-state index >= 15 is 0 Å². The van der Waals surface area contributed by atoms with Gasteiger partial charge in [-0.2, -0.15) is 0 Å². The summed E-state index contributed by atoms with van der Waals surface area (Å²) in [6.07, 6.45) is 0. The molecule has 0 aliphatic carbocycles. The van der Waals surface area contributed by atoms with Crippen LogP contribution in [0.4, 0.5) is 0 Å². The number of nitrogens with zero attached hydrogens (tertiary/aromatic N) is 4. The van der Waals surface area contributed by atoms with Crippen LogP contribution in [-0.4, -0.2) is 19.7 Å². The fourth-order valence-electron chi connectivity index (χ4n) is 2.70. The van der Waals surface area contributed by atoms with Crippen LogP contribution in [0.5, 0.6) is 0 Å². The van der Waals surface area contributed by atoms with E-state index in [1.54, 1.807) is 34.4 Å². The third kappa shape index (κ3) is 3.34. The Morgan fingerprint density at radius 2 is 1.78 bits per heavy atom. The van der Waals surface area contributed by atoms with Crippen LogP contribution in [0.1, 0.15) is 0 Å². The van der Waals surface area contributed by atoms with Gasteiger partial charge in [-0.15, -0.1) is 32.9 Å². The molecule has 0 atom stereocenters. The number of aromatic nitrogens is 4. The number of fused-ring (bicyclic) bond motifs is 1. The van der Waals surface area contributed by atoms with E-state index in [4.69, 9.17) is 4.98 Å². The molecule has 0 saturated carbocycles. The van der Waals surface area contributed by atoms with Gasteiger partial charge < -0.3 is 0 Å². The summed E-state index contributed by atoms with van der Waals surface area (Å²) in [5.41, 5.74) is 2.04. The van der Waals surface area contributed by atoms with Crippen molar-refractivity contribution in [3.63, 3.8) is 0 Å². The van der Waals surface area contributed by atoms with Gasteiger partial charge in [0.05, 0.1) is 15.1 Å². The van der Waals surface area contributed by atoms with Crippen molar-refractivity contribution in [3.05, 3.63) is 70.5 Å². The van der Waals surface area contributed by atoms with Gasteiger partial charge in [0.15, 0.2) is 10.2 Å². The number of halogens is 1. The molecule has 0 amide bonds. The molecular weight excluding hydrogens is 460 g/mol. The highest BCUT2D eigenvalue weighted by Crippen LogP contribution is 2.37. The summed E-state index contributed by atoms with van der Waals surface area (Å²) < 4.78 is 5.26. The molecule has 0 bridgehead atoms. The molecule has 0 fully saturated rings. The molecule has 5 aromatic rings. The highest BCUT2D eigenvalue weighted by Gasteiger charge is 2.19. The monoisotopic (exact) mass is 470 g/mol. The van der Waals surface area contributed by atoms with Gasteiger partial charge in [-0.25, -0.2) is 4.98 Å². The molecule has 3 heterocycles. The summed E-state index contributed by atoms with van der Waals surface area (Å²) in [7, 11) is 0. The second kappa shape index (κ2) is 7.20. The minimum absolute atomic E-state index is 0.805. The minimum Gasteiger partial charge on any atom is -0.269 e. The Morgan fingerprint density at radius 1 is 0.926 bits per heavy atom. The molecule has 0 spiro atoms. The lowest BCUT2D eigenvalue weighted by atomic mass is 10.3. The van der Waals surface area contributed by atoms with Gasteiger partial charge >= 0.3 is 0 Å². The minimum atomic E-state index is 0.805. The summed E-state index contributed by atoms with van der Waals surface area (Å²) in [5.74, 6) is 0.843. The van der Waals surface area contributed by atoms with E-state index in [1.165, 1.54) is 4.70 Å². The van der Waals surface area contributed by atoms with Crippen molar-refractivity contribution in [3.8, 4) is 16.4 Å². The average Bonchev–Trinajstić information content (AvgIpc) is 3.41. The van der Waals surface area contributed by atoms with Gasteiger partial charge in [0.25, 0.3) is 0 Å². The molecule has 2 aromatic carbocycles. The average molecular weight is 471 g/mol. The fraction of sp³-hybridized carbons (Fsp3) is 0. The van der Waals surface area contributed by atoms with Gasteiger partial charge in [0.1, 0.15) is 0 Å². The lowest BCUT2D eigenvalue weighted by Gasteiger charge is -2.08. The maximum Gasteiger partial charge on any atom is 0.203 e. The second-order valence-corrected chi connectivity index (χ2v) is 9.75. The zero-order valence-electron chi connectivity index (χ0n) is 13.7. The summed E-state index contributed by atoms with van der Waals surface area (Å²) >= 11 is 8.38. The van der Waals surface area contributed by atoms with E-state index < -0.39 is 0 Å². The SMILES string of the molecule is Brc1ccc(-n2c(Sc3nc4ccccc4s3)nnc2-c2cccs2)cc1. The Balaban J connectivity index is 1.62. The van der Waals surface area contributed by atoms with Crippen molar-refractivity contribution in [2.75, 3.05) is 0 Å². The molecule has 132 valence electrons. The number of hydrogen-bond donors (Lipinski definition) is 0. The summed E-state index contributed by atoms with van der Waals surface area (Å²) in [5, 5.41) is 11.8. The first-order chi connectivity index (χ1) is 13.3. The van der Waals surface area contributed by atoms with E-state index in [1.807, 2.05) is 36.4 Å². The number of benzene rings is 2. The number of thiazole rings is 1. The summed E-state index contributed by atoms with van der Waals surface area (Å²) in [4.78, 5) is 5.81. The van der Waals surface area contributed by atoms with Crippen LogP contribution in [0.25, 0.3) is 26.6 Å².